The summed E-state index contributed by atoms with van der Waals surface area (Å²) in [5, 5.41) is 5.07. The number of nitrogens with zero attached hydrogens (tertiary/aromatic N) is 1. The fourth-order valence-corrected chi connectivity index (χ4v) is 2.36. The predicted molar refractivity (Wildman–Crippen MR) is 75.9 cm³/mol. The van der Waals surface area contributed by atoms with Crippen LogP contribution in [0, 0.1) is 0 Å². The molecule has 3 N–H and O–H groups in total. The summed E-state index contributed by atoms with van der Waals surface area (Å²) in [5.41, 5.74) is 6.19. The Morgan fingerprint density at radius 3 is 2.71 bits per heavy atom. The molecule has 5 nitrogen and oxygen atoms in total. The number of anilines is 1. The van der Waals surface area contributed by atoms with Crippen LogP contribution in [-0.4, -0.2) is 24.0 Å². The highest BCUT2D eigenvalue weighted by Gasteiger charge is 2.11. The zero-order chi connectivity index (χ0) is 15.2. The molecule has 0 spiro atoms. The minimum atomic E-state index is -2.87. The van der Waals surface area contributed by atoms with Crippen LogP contribution in [0.4, 0.5) is 14.5 Å². The molecule has 8 heteroatoms. The summed E-state index contributed by atoms with van der Waals surface area (Å²) >= 11 is 1.37. The van der Waals surface area contributed by atoms with Crippen LogP contribution >= 0.6 is 11.3 Å². The van der Waals surface area contributed by atoms with E-state index in [1.54, 1.807) is 5.38 Å². The number of rotatable bonds is 6. The largest absolute Gasteiger partial charge is 0.435 e. The maximum atomic E-state index is 12.0. The van der Waals surface area contributed by atoms with Crippen LogP contribution in [0.3, 0.4) is 0 Å². The summed E-state index contributed by atoms with van der Waals surface area (Å²) in [5.74, 6) is -0.334. The number of aromatic nitrogens is 1. The Labute approximate surface area is 123 Å². The summed E-state index contributed by atoms with van der Waals surface area (Å²) < 4.78 is 28.2. The Morgan fingerprint density at radius 1 is 1.38 bits per heavy atom. The first kappa shape index (κ1) is 15.3. The Bertz CT molecular complexity index is 602. The Hall–Kier alpha value is -2.06. The summed E-state index contributed by atoms with van der Waals surface area (Å²) in [7, 11) is 0. The molecule has 0 bridgehead atoms. The quantitative estimate of drug-likeness (QED) is 0.859. The zero-order valence-corrected chi connectivity index (χ0v) is 11.7. The third-order valence-corrected chi connectivity index (χ3v) is 3.39. The minimum Gasteiger partial charge on any atom is -0.435 e. The van der Waals surface area contributed by atoms with Crippen molar-refractivity contribution in [3.05, 3.63) is 40.3 Å². The number of carbonyl (C=O) groups is 1. The summed E-state index contributed by atoms with van der Waals surface area (Å²) in [4.78, 5) is 16.1. The second kappa shape index (κ2) is 7.09. The SMILES string of the molecule is NCCc1nc(C(=O)Nc2ccc(OC(F)F)cc2)cs1. The molecule has 0 aliphatic heterocycles. The Kier molecular flexibility index (Phi) is 5.18. The molecule has 0 fully saturated rings. The maximum Gasteiger partial charge on any atom is 0.387 e. The second-order valence-corrected chi connectivity index (χ2v) is 4.96. The smallest absolute Gasteiger partial charge is 0.387 e. The van der Waals surface area contributed by atoms with Gasteiger partial charge in [-0.2, -0.15) is 8.78 Å². The Morgan fingerprint density at radius 2 is 2.10 bits per heavy atom. The van der Waals surface area contributed by atoms with Crippen molar-refractivity contribution in [2.45, 2.75) is 13.0 Å². The van der Waals surface area contributed by atoms with Crippen LogP contribution < -0.4 is 15.8 Å². The first-order valence-corrected chi connectivity index (χ1v) is 6.97. The van der Waals surface area contributed by atoms with E-state index in [0.717, 1.165) is 5.01 Å². The van der Waals surface area contributed by atoms with Crippen molar-refractivity contribution in [2.75, 3.05) is 11.9 Å². The first-order chi connectivity index (χ1) is 10.1. The molecule has 21 heavy (non-hydrogen) atoms. The van der Waals surface area contributed by atoms with Gasteiger partial charge in [0.1, 0.15) is 11.4 Å². The number of benzene rings is 1. The minimum absolute atomic E-state index is 0.0295. The maximum absolute atomic E-state index is 12.0. The number of amides is 1. The number of nitrogens with one attached hydrogen (secondary N) is 1. The molecule has 0 saturated heterocycles. The molecular formula is C13H13F2N3O2S. The lowest BCUT2D eigenvalue weighted by molar-refractivity contribution is -0.0498. The average Bonchev–Trinajstić information content (AvgIpc) is 2.89. The number of halogens is 2. The van der Waals surface area contributed by atoms with E-state index >= 15 is 0 Å². The van der Waals surface area contributed by atoms with Gasteiger partial charge in [0.25, 0.3) is 5.91 Å². The van der Waals surface area contributed by atoms with E-state index in [0.29, 0.717) is 24.3 Å². The number of thiazole rings is 1. The van der Waals surface area contributed by atoms with Crippen molar-refractivity contribution in [2.24, 2.45) is 5.73 Å². The van der Waals surface area contributed by atoms with Gasteiger partial charge in [-0.25, -0.2) is 4.98 Å². The molecule has 112 valence electrons. The van der Waals surface area contributed by atoms with Gasteiger partial charge in [-0.05, 0) is 30.8 Å². The van der Waals surface area contributed by atoms with E-state index in [-0.39, 0.29) is 11.7 Å². The van der Waals surface area contributed by atoms with Crippen LogP contribution in [-0.2, 0) is 6.42 Å². The highest BCUT2D eigenvalue weighted by atomic mass is 32.1. The van der Waals surface area contributed by atoms with Gasteiger partial charge in [-0.15, -0.1) is 11.3 Å². The second-order valence-electron chi connectivity index (χ2n) is 4.02. The predicted octanol–water partition coefficient (Wildman–Crippen LogP) is 2.50. The number of hydrogen-bond donors (Lipinski definition) is 2. The van der Waals surface area contributed by atoms with Gasteiger partial charge in [0.2, 0.25) is 0 Å². The van der Waals surface area contributed by atoms with Crippen LogP contribution in [0.15, 0.2) is 29.6 Å². The van der Waals surface area contributed by atoms with Gasteiger partial charge in [0.15, 0.2) is 0 Å². The van der Waals surface area contributed by atoms with Crippen molar-refractivity contribution in [1.29, 1.82) is 0 Å². The van der Waals surface area contributed by atoms with Gasteiger partial charge >= 0.3 is 6.61 Å². The molecule has 1 aromatic carbocycles. The van der Waals surface area contributed by atoms with E-state index in [1.165, 1.54) is 35.6 Å². The van der Waals surface area contributed by atoms with Gasteiger partial charge < -0.3 is 15.8 Å². The molecule has 0 aliphatic carbocycles. The van der Waals surface area contributed by atoms with Gasteiger partial charge in [-0.1, -0.05) is 0 Å². The van der Waals surface area contributed by atoms with E-state index in [1.807, 2.05) is 0 Å². The lowest BCUT2D eigenvalue weighted by Gasteiger charge is -2.06. The molecule has 1 heterocycles. The van der Waals surface area contributed by atoms with Crippen LogP contribution in [0.25, 0.3) is 0 Å². The molecular weight excluding hydrogens is 300 g/mol. The van der Waals surface area contributed by atoms with E-state index < -0.39 is 6.61 Å². The fourth-order valence-electron chi connectivity index (χ4n) is 1.57. The highest BCUT2D eigenvalue weighted by Crippen LogP contribution is 2.18. The van der Waals surface area contributed by atoms with Gasteiger partial charge in [0, 0.05) is 17.5 Å². The van der Waals surface area contributed by atoms with Crippen molar-refractivity contribution < 1.29 is 18.3 Å². The monoisotopic (exact) mass is 313 g/mol. The normalized spacial score (nSPS) is 10.7. The topological polar surface area (TPSA) is 77.2 Å². The Balaban J connectivity index is 1.98. The molecule has 0 unspecified atom stereocenters. The van der Waals surface area contributed by atoms with E-state index in [4.69, 9.17) is 5.73 Å². The van der Waals surface area contributed by atoms with Crippen LogP contribution in [0.5, 0.6) is 5.75 Å². The molecule has 0 atom stereocenters. The molecule has 0 radical (unpaired) electrons. The summed E-state index contributed by atoms with van der Waals surface area (Å²) in [6, 6.07) is 5.65. The lowest BCUT2D eigenvalue weighted by Crippen LogP contribution is -2.12. The number of alkyl halides is 2. The number of hydrogen-bond acceptors (Lipinski definition) is 5. The van der Waals surface area contributed by atoms with Crippen molar-refractivity contribution >= 4 is 22.9 Å². The van der Waals surface area contributed by atoms with Gasteiger partial charge in [-0.3, -0.25) is 4.79 Å². The van der Waals surface area contributed by atoms with E-state index in [9.17, 15) is 13.6 Å². The van der Waals surface area contributed by atoms with Crippen LogP contribution in [0.1, 0.15) is 15.5 Å². The molecule has 2 aromatic rings. The third kappa shape index (κ3) is 4.47. The first-order valence-electron chi connectivity index (χ1n) is 6.09. The number of nitrogens with two attached hydrogens (primary N) is 1. The third-order valence-electron chi connectivity index (χ3n) is 2.48. The summed E-state index contributed by atoms with van der Waals surface area (Å²) in [6.45, 7) is -2.40. The number of ether oxygens (including phenoxy) is 1. The number of carbonyl (C=O) groups excluding carboxylic acids is 1. The standard InChI is InChI=1S/C13H13F2N3O2S/c14-13(15)20-9-3-1-8(2-4-9)17-12(19)10-7-21-11(18-10)5-6-16/h1-4,7,13H,5-6,16H2,(H,17,19). The van der Waals surface area contributed by atoms with Crippen molar-refractivity contribution in [1.82, 2.24) is 4.98 Å². The fraction of sp³-hybridized carbons (Fsp3) is 0.231. The molecule has 2 rings (SSSR count). The van der Waals surface area contributed by atoms with Crippen molar-refractivity contribution in [3.8, 4) is 5.75 Å². The van der Waals surface area contributed by atoms with Crippen LogP contribution in [0.2, 0.25) is 0 Å². The average molecular weight is 313 g/mol. The van der Waals surface area contributed by atoms with Gasteiger partial charge in [0.05, 0.1) is 5.01 Å². The lowest BCUT2D eigenvalue weighted by atomic mass is 10.3. The molecule has 0 saturated carbocycles. The zero-order valence-electron chi connectivity index (χ0n) is 10.9. The highest BCUT2D eigenvalue weighted by molar-refractivity contribution is 7.09. The molecule has 0 aliphatic rings. The molecule has 1 amide bonds. The molecule has 1 aromatic heterocycles. The summed E-state index contributed by atoms with van der Waals surface area (Å²) in [6.07, 6.45) is 0.623. The van der Waals surface area contributed by atoms with E-state index in [2.05, 4.69) is 15.0 Å². The van der Waals surface area contributed by atoms with Crippen molar-refractivity contribution in [3.63, 3.8) is 0 Å².